The summed E-state index contributed by atoms with van der Waals surface area (Å²) in [7, 11) is 1.30. The van der Waals surface area contributed by atoms with E-state index in [2.05, 4.69) is 10.3 Å². The van der Waals surface area contributed by atoms with Crippen molar-refractivity contribution in [1.29, 1.82) is 0 Å². The van der Waals surface area contributed by atoms with Gasteiger partial charge >= 0.3 is 17.9 Å². The number of amides is 1. The number of hydrogen-bond donors (Lipinski definition) is 2. The molecule has 12 heteroatoms. The fraction of sp³-hybridized carbons (Fsp3) is 0.423. The van der Waals surface area contributed by atoms with Gasteiger partial charge in [-0.25, -0.2) is 9.78 Å². The third-order valence-electron chi connectivity index (χ3n) is 5.86. The van der Waals surface area contributed by atoms with E-state index in [1.165, 1.54) is 26.3 Å². The van der Waals surface area contributed by atoms with Crippen molar-refractivity contribution in [2.75, 3.05) is 13.7 Å². The zero-order valence-corrected chi connectivity index (χ0v) is 22.1. The molecule has 1 saturated heterocycles. The Morgan fingerprint density at radius 3 is 2.50 bits per heavy atom. The quantitative estimate of drug-likeness (QED) is 0.390. The highest BCUT2D eigenvalue weighted by Gasteiger charge is 2.42. The van der Waals surface area contributed by atoms with E-state index >= 15 is 0 Å². The molecule has 0 saturated carbocycles. The average Bonchev–Trinajstić information content (AvgIpc) is 2.91. The van der Waals surface area contributed by atoms with E-state index in [1.807, 2.05) is 0 Å². The number of carbonyl (C=O) groups is 4. The van der Waals surface area contributed by atoms with Gasteiger partial charge in [-0.2, -0.15) is 0 Å². The highest BCUT2D eigenvalue weighted by molar-refractivity contribution is 6.30. The van der Waals surface area contributed by atoms with Crippen molar-refractivity contribution in [3.05, 3.63) is 52.8 Å². The van der Waals surface area contributed by atoms with E-state index in [1.54, 1.807) is 38.1 Å². The molecule has 4 atom stereocenters. The van der Waals surface area contributed by atoms with Gasteiger partial charge < -0.3 is 29.4 Å². The molecule has 0 bridgehead atoms. The summed E-state index contributed by atoms with van der Waals surface area (Å²) in [4.78, 5) is 55.4. The fourth-order valence-electron chi connectivity index (χ4n) is 3.75. The van der Waals surface area contributed by atoms with Gasteiger partial charge in [0.2, 0.25) is 0 Å². The maximum absolute atomic E-state index is 13.3. The number of rotatable bonds is 7. The van der Waals surface area contributed by atoms with Crippen LogP contribution in [0.3, 0.4) is 0 Å². The van der Waals surface area contributed by atoms with Crippen molar-refractivity contribution in [2.24, 2.45) is 11.8 Å². The Kier molecular flexibility index (Phi) is 9.51. The van der Waals surface area contributed by atoms with Crippen molar-refractivity contribution < 1.29 is 43.2 Å². The van der Waals surface area contributed by atoms with Crippen LogP contribution in [0, 0.1) is 11.8 Å². The van der Waals surface area contributed by atoms with E-state index in [4.69, 9.17) is 30.5 Å². The van der Waals surface area contributed by atoms with Gasteiger partial charge in [0.05, 0.1) is 13.0 Å². The Morgan fingerprint density at radius 2 is 1.87 bits per heavy atom. The first-order valence-corrected chi connectivity index (χ1v) is 12.2. The molecule has 2 heterocycles. The zero-order chi connectivity index (χ0) is 28.0. The van der Waals surface area contributed by atoms with E-state index in [9.17, 15) is 24.3 Å². The van der Waals surface area contributed by atoms with Crippen molar-refractivity contribution >= 4 is 35.4 Å². The lowest BCUT2D eigenvalue weighted by Crippen LogP contribution is -2.47. The third-order valence-corrected chi connectivity index (χ3v) is 6.11. The molecule has 3 rings (SSSR count). The number of esters is 3. The predicted molar refractivity (Wildman–Crippen MR) is 134 cm³/mol. The minimum atomic E-state index is -1.43. The maximum atomic E-state index is 13.3. The average molecular weight is 549 g/mol. The number of halogens is 1. The van der Waals surface area contributed by atoms with Crippen molar-refractivity contribution in [2.45, 2.75) is 45.4 Å². The number of benzene rings is 1. The summed E-state index contributed by atoms with van der Waals surface area (Å²) in [6.45, 7) is 4.18. The number of methoxy groups -OCH3 is 1. The standard InChI is InChI=1S/C26H29ClN2O9/c1-13(2)24(32)38-22-14(3)37-26(34)18(29-23(31)20-21(30)19(35-4)9-10-28-20)12-36-25(33)17(22)11-15-5-7-16(27)8-6-15/h5-10,13-14,17-18,22,30H,11-12H2,1-4H3,(H,29,31). The Balaban J connectivity index is 1.88. The molecule has 1 aliphatic rings. The summed E-state index contributed by atoms with van der Waals surface area (Å²) in [5, 5.41) is 13.1. The summed E-state index contributed by atoms with van der Waals surface area (Å²) in [5.41, 5.74) is 0.310. The van der Waals surface area contributed by atoms with Crippen molar-refractivity contribution in [1.82, 2.24) is 10.3 Å². The fourth-order valence-corrected chi connectivity index (χ4v) is 3.88. The number of aromatic nitrogens is 1. The molecule has 1 aromatic carbocycles. The van der Waals surface area contributed by atoms with Crippen LogP contribution in [0.1, 0.15) is 36.8 Å². The van der Waals surface area contributed by atoms with Crippen LogP contribution in [0.2, 0.25) is 5.02 Å². The van der Waals surface area contributed by atoms with Crippen molar-refractivity contribution in [3.8, 4) is 11.5 Å². The van der Waals surface area contributed by atoms with Crippen LogP contribution in [-0.4, -0.2) is 65.9 Å². The van der Waals surface area contributed by atoms with Gasteiger partial charge in [-0.15, -0.1) is 0 Å². The Bertz CT molecular complexity index is 1190. The molecule has 1 aliphatic heterocycles. The zero-order valence-electron chi connectivity index (χ0n) is 21.3. The van der Waals surface area contributed by atoms with Gasteiger partial charge in [-0.3, -0.25) is 14.4 Å². The smallest absolute Gasteiger partial charge is 0.332 e. The molecule has 4 unspecified atom stereocenters. The molecule has 0 radical (unpaired) electrons. The molecular formula is C26H29ClN2O9. The Labute approximate surface area is 224 Å². The monoisotopic (exact) mass is 548 g/mol. The lowest BCUT2D eigenvalue weighted by molar-refractivity contribution is -0.176. The molecule has 11 nitrogen and oxygen atoms in total. The molecule has 2 N–H and O–H groups in total. The highest BCUT2D eigenvalue weighted by Crippen LogP contribution is 2.28. The first kappa shape index (κ1) is 28.7. The Morgan fingerprint density at radius 1 is 1.18 bits per heavy atom. The van der Waals surface area contributed by atoms with Crippen LogP contribution < -0.4 is 10.1 Å². The van der Waals surface area contributed by atoms with E-state index in [0.717, 1.165) is 0 Å². The summed E-state index contributed by atoms with van der Waals surface area (Å²) < 4.78 is 21.5. The van der Waals surface area contributed by atoms with Gasteiger partial charge in [0, 0.05) is 17.3 Å². The summed E-state index contributed by atoms with van der Waals surface area (Å²) in [5.74, 6) is -5.26. The molecule has 0 spiro atoms. The first-order chi connectivity index (χ1) is 18.0. The van der Waals surface area contributed by atoms with Crippen LogP contribution in [0.15, 0.2) is 36.5 Å². The highest BCUT2D eigenvalue weighted by atomic mass is 35.5. The van der Waals surface area contributed by atoms with Crippen molar-refractivity contribution in [3.63, 3.8) is 0 Å². The van der Waals surface area contributed by atoms with E-state index in [-0.39, 0.29) is 12.2 Å². The number of hydrogen-bond acceptors (Lipinski definition) is 10. The molecular weight excluding hydrogens is 520 g/mol. The molecule has 0 aliphatic carbocycles. The first-order valence-electron chi connectivity index (χ1n) is 11.9. The Hall–Kier alpha value is -3.86. The van der Waals surface area contributed by atoms with Gasteiger partial charge in [-0.1, -0.05) is 37.6 Å². The maximum Gasteiger partial charge on any atom is 0.332 e. The number of nitrogens with one attached hydrogen (secondary N) is 1. The summed E-state index contributed by atoms with van der Waals surface area (Å²) in [6, 6.07) is 6.67. The number of aromatic hydroxyl groups is 1. The normalized spacial score (nSPS) is 21.8. The topological polar surface area (TPSA) is 150 Å². The molecule has 204 valence electrons. The van der Waals surface area contributed by atoms with Crippen LogP contribution in [0.25, 0.3) is 0 Å². The summed E-state index contributed by atoms with van der Waals surface area (Å²) >= 11 is 5.97. The number of pyridine rings is 1. The number of carbonyl (C=O) groups excluding carboxylic acids is 4. The molecule has 1 aromatic heterocycles. The lowest BCUT2D eigenvalue weighted by atomic mass is 9.91. The van der Waals surface area contributed by atoms with E-state index in [0.29, 0.717) is 10.6 Å². The second kappa shape index (κ2) is 12.6. The lowest BCUT2D eigenvalue weighted by Gasteiger charge is -2.29. The van der Waals surface area contributed by atoms with Crippen LogP contribution in [0.5, 0.6) is 11.5 Å². The van der Waals surface area contributed by atoms with Gasteiger partial charge in [0.25, 0.3) is 5.91 Å². The minimum absolute atomic E-state index is 0.00194. The molecule has 38 heavy (non-hydrogen) atoms. The van der Waals surface area contributed by atoms with Crippen LogP contribution >= 0.6 is 11.6 Å². The number of ether oxygens (including phenoxy) is 4. The van der Waals surface area contributed by atoms with Crippen LogP contribution in [0.4, 0.5) is 0 Å². The van der Waals surface area contributed by atoms with Crippen LogP contribution in [-0.2, 0) is 35.0 Å². The largest absolute Gasteiger partial charge is 0.503 e. The second-order valence-corrected chi connectivity index (χ2v) is 9.44. The SMILES string of the molecule is COc1ccnc(C(=O)NC2COC(=O)C(Cc3ccc(Cl)cc3)C(OC(=O)C(C)C)C(C)OC2=O)c1O. The van der Waals surface area contributed by atoms with Gasteiger partial charge in [0.1, 0.15) is 18.6 Å². The van der Waals surface area contributed by atoms with Gasteiger partial charge in [-0.05, 0) is 31.0 Å². The molecule has 1 amide bonds. The summed E-state index contributed by atoms with van der Waals surface area (Å²) in [6.07, 6.45) is -0.898. The predicted octanol–water partition coefficient (Wildman–Crippen LogP) is 2.46. The minimum Gasteiger partial charge on any atom is -0.503 e. The number of nitrogens with zero attached hydrogens (tertiary/aromatic N) is 1. The van der Waals surface area contributed by atoms with Gasteiger partial charge in [0.15, 0.2) is 29.3 Å². The molecule has 1 fully saturated rings. The van der Waals surface area contributed by atoms with E-state index < -0.39 is 72.0 Å². The number of cyclic esters (lactones) is 2. The molecule has 2 aromatic rings. The second-order valence-electron chi connectivity index (χ2n) is 9.00. The third kappa shape index (κ3) is 6.91.